The van der Waals surface area contributed by atoms with E-state index in [1.54, 1.807) is 0 Å². The molecule has 0 aliphatic heterocycles. The lowest BCUT2D eigenvalue weighted by Gasteiger charge is -2.18. The summed E-state index contributed by atoms with van der Waals surface area (Å²) in [5, 5.41) is 21.8. The summed E-state index contributed by atoms with van der Waals surface area (Å²) in [4.78, 5) is 45.8. The number of unbranched alkanes of at least 4 members (excludes halogenated alkanes) is 26. The number of nitrogens with one attached hydrogen (secondary N) is 1. The van der Waals surface area contributed by atoms with E-state index in [0.717, 1.165) is 64.2 Å². The summed E-state index contributed by atoms with van der Waals surface area (Å²) < 4.78 is 26.8. The van der Waals surface area contributed by atoms with Crippen molar-refractivity contribution in [1.29, 1.82) is 0 Å². The van der Waals surface area contributed by atoms with Gasteiger partial charge in [-0.3, -0.25) is 18.6 Å². The molecule has 55 heavy (non-hydrogen) atoms. The second kappa shape index (κ2) is 39.1. The molecular formula is C43H82NO10P. The Kier molecular flexibility index (Phi) is 37.8. The second-order valence-corrected chi connectivity index (χ2v) is 16.7. The molecule has 3 atom stereocenters. The Morgan fingerprint density at radius 1 is 0.564 bits per heavy atom. The maximum atomic E-state index is 12.3. The molecule has 0 bridgehead atoms. The number of allylic oxidation sites excluding steroid dienone is 2. The third-order valence-electron chi connectivity index (χ3n) is 9.79. The molecular weight excluding hydrogens is 721 g/mol. The van der Waals surface area contributed by atoms with Crippen LogP contribution >= 0.6 is 7.82 Å². The van der Waals surface area contributed by atoms with Gasteiger partial charge in [0, 0.05) is 12.8 Å². The number of amides is 1. The Bertz CT molecular complexity index is 995. The number of carbonyl (C=O) groups excluding carboxylic acids is 2. The predicted octanol–water partition coefficient (Wildman–Crippen LogP) is 11.3. The van der Waals surface area contributed by atoms with E-state index in [4.69, 9.17) is 13.8 Å². The SMILES string of the molecule is CCC/C=C\CCCCCCCC(=O)OCC(O)COP(=O)(O)OCC(NC(=O)CCCCCCCCCCCCCCCCCCCCCCC)C(=O)O. The van der Waals surface area contributed by atoms with Gasteiger partial charge in [0.05, 0.1) is 13.2 Å². The monoisotopic (exact) mass is 804 g/mol. The Morgan fingerprint density at radius 2 is 0.982 bits per heavy atom. The van der Waals surface area contributed by atoms with Gasteiger partial charge in [-0.2, -0.15) is 0 Å². The van der Waals surface area contributed by atoms with E-state index in [1.807, 2.05) is 0 Å². The average molecular weight is 804 g/mol. The quantitative estimate of drug-likeness (QED) is 0.0202. The molecule has 0 heterocycles. The number of aliphatic hydroxyl groups excluding tert-OH is 1. The molecule has 1 amide bonds. The van der Waals surface area contributed by atoms with E-state index in [1.165, 1.54) is 109 Å². The lowest BCUT2D eigenvalue weighted by Crippen LogP contribution is -2.43. The van der Waals surface area contributed by atoms with Crippen LogP contribution in [0.1, 0.15) is 213 Å². The van der Waals surface area contributed by atoms with Crippen LogP contribution in [-0.2, 0) is 32.7 Å². The molecule has 324 valence electrons. The van der Waals surface area contributed by atoms with Crippen LogP contribution in [-0.4, -0.2) is 64.9 Å². The zero-order chi connectivity index (χ0) is 40.7. The number of esters is 1. The molecule has 11 nitrogen and oxygen atoms in total. The summed E-state index contributed by atoms with van der Waals surface area (Å²) in [6.07, 6.45) is 38.2. The fraction of sp³-hybridized carbons (Fsp3) is 0.884. The minimum atomic E-state index is -4.75. The van der Waals surface area contributed by atoms with Crippen LogP contribution in [0.4, 0.5) is 0 Å². The average Bonchev–Trinajstić information content (AvgIpc) is 3.16. The maximum absolute atomic E-state index is 12.3. The van der Waals surface area contributed by atoms with E-state index in [-0.39, 0.29) is 12.8 Å². The van der Waals surface area contributed by atoms with Gasteiger partial charge in [-0.05, 0) is 32.1 Å². The Hall–Kier alpha value is -1.78. The van der Waals surface area contributed by atoms with Gasteiger partial charge < -0.3 is 25.2 Å². The van der Waals surface area contributed by atoms with Crippen molar-refractivity contribution in [3.63, 3.8) is 0 Å². The minimum Gasteiger partial charge on any atom is -0.480 e. The van der Waals surface area contributed by atoms with Gasteiger partial charge in [0.25, 0.3) is 0 Å². The van der Waals surface area contributed by atoms with Crippen molar-refractivity contribution in [2.45, 2.75) is 225 Å². The maximum Gasteiger partial charge on any atom is 0.472 e. The highest BCUT2D eigenvalue weighted by molar-refractivity contribution is 7.47. The molecule has 0 radical (unpaired) electrons. The molecule has 0 rings (SSSR count). The molecule has 0 aromatic heterocycles. The van der Waals surface area contributed by atoms with Crippen LogP contribution in [0.15, 0.2) is 12.2 Å². The number of carbonyl (C=O) groups is 3. The fourth-order valence-corrected chi connectivity index (χ4v) is 7.09. The number of hydrogen-bond acceptors (Lipinski definition) is 8. The first-order valence-electron chi connectivity index (χ1n) is 22.2. The summed E-state index contributed by atoms with van der Waals surface area (Å²) in [6.45, 7) is 2.53. The number of aliphatic hydroxyl groups is 1. The summed E-state index contributed by atoms with van der Waals surface area (Å²) in [5.74, 6) is -2.37. The summed E-state index contributed by atoms with van der Waals surface area (Å²) >= 11 is 0. The van der Waals surface area contributed by atoms with E-state index in [9.17, 15) is 34.1 Å². The molecule has 4 N–H and O–H groups in total. The molecule has 0 aromatic carbocycles. The third kappa shape index (κ3) is 38.9. The number of carboxylic acid groups (broad SMARTS) is 1. The van der Waals surface area contributed by atoms with Crippen LogP contribution < -0.4 is 5.32 Å². The fourth-order valence-electron chi connectivity index (χ4n) is 6.32. The standard InChI is InChI=1S/C43H82NO10P/c1-3-5-7-9-11-13-15-16-17-18-19-20-21-22-23-24-25-26-28-30-32-34-41(46)44-40(43(48)49)38-54-55(50,51)53-37-39(45)36-52-42(47)35-33-31-29-27-14-12-10-8-6-4-2/h8,10,39-40,45H,3-7,9,11-38H2,1-2H3,(H,44,46)(H,48,49)(H,50,51)/b10-8-. The summed E-state index contributed by atoms with van der Waals surface area (Å²) in [6, 6.07) is -1.54. The van der Waals surface area contributed by atoms with Crippen molar-refractivity contribution in [1.82, 2.24) is 5.32 Å². The van der Waals surface area contributed by atoms with Crippen LogP contribution in [0.3, 0.4) is 0 Å². The van der Waals surface area contributed by atoms with Crippen LogP contribution in [0.5, 0.6) is 0 Å². The van der Waals surface area contributed by atoms with E-state index < -0.39 is 57.6 Å². The largest absolute Gasteiger partial charge is 0.480 e. The predicted molar refractivity (Wildman–Crippen MR) is 222 cm³/mol. The van der Waals surface area contributed by atoms with Crippen molar-refractivity contribution in [3.05, 3.63) is 12.2 Å². The molecule has 0 fully saturated rings. The molecule has 0 aliphatic rings. The number of rotatable bonds is 42. The third-order valence-corrected chi connectivity index (χ3v) is 10.7. The molecule has 0 aromatic rings. The lowest BCUT2D eigenvalue weighted by molar-refractivity contribution is -0.147. The van der Waals surface area contributed by atoms with Gasteiger partial charge in [0.1, 0.15) is 12.7 Å². The zero-order valence-electron chi connectivity index (χ0n) is 35.0. The highest BCUT2D eigenvalue weighted by Gasteiger charge is 2.28. The van der Waals surface area contributed by atoms with Gasteiger partial charge >= 0.3 is 19.8 Å². The summed E-state index contributed by atoms with van der Waals surface area (Å²) in [5.41, 5.74) is 0. The van der Waals surface area contributed by atoms with Gasteiger partial charge in [-0.1, -0.05) is 180 Å². The zero-order valence-corrected chi connectivity index (χ0v) is 35.9. The molecule has 12 heteroatoms. The summed E-state index contributed by atoms with van der Waals surface area (Å²) in [7, 11) is -4.75. The van der Waals surface area contributed by atoms with Gasteiger partial charge in [-0.25, -0.2) is 9.36 Å². The number of phosphoric ester groups is 1. The van der Waals surface area contributed by atoms with Crippen LogP contribution in [0, 0.1) is 0 Å². The normalized spacial score (nSPS) is 13.8. The molecule has 0 spiro atoms. The molecule has 0 saturated carbocycles. The number of aliphatic carboxylic acids is 1. The smallest absolute Gasteiger partial charge is 0.472 e. The van der Waals surface area contributed by atoms with Crippen molar-refractivity contribution in [3.8, 4) is 0 Å². The van der Waals surface area contributed by atoms with Crippen LogP contribution in [0.25, 0.3) is 0 Å². The van der Waals surface area contributed by atoms with Gasteiger partial charge in [0.2, 0.25) is 5.91 Å². The molecule has 3 unspecified atom stereocenters. The van der Waals surface area contributed by atoms with Crippen molar-refractivity contribution < 1.29 is 47.8 Å². The number of phosphoric acid groups is 1. The minimum absolute atomic E-state index is 0.151. The number of hydrogen-bond donors (Lipinski definition) is 4. The van der Waals surface area contributed by atoms with Crippen molar-refractivity contribution >= 4 is 25.7 Å². The van der Waals surface area contributed by atoms with Gasteiger partial charge in [-0.15, -0.1) is 0 Å². The van der Waals surface area contributed by atoms with Crippen molar-refractivity contribution in [2.24, 2.45) is 0 Å². The Labute approximate surface area is 335 Å². The first kappa shape index (κ1) is 53.2. The second-order valence-electron chi connectivity index (χ2n) is 15.2. The number of carboxylic acids is 1. The van der Waals surface area contributed by atoms with Crippen LogP contribution in [0.2, 0.25) is 0 Å². The molecule has 0 aliphatic carbocycles. The first-order valence-corrected chi connectivity index (χ1v) is 23.7. The van der Waals surface area contributed by atoms with E-state index in [0.29, 0.717) is 12.8 Å². The highest BCUT2D eigenvalue weighted by Crippen LogP contribution is 2.43. The topological polar surface area (TPSA) is 169 Å². The number of ether oxygens (including phenoxy) is 1. The van der Waals surface area contributed by atoms with Crippen molar-refractivity contribution in [2.75, 3.05) is 19.8 Å². The highest BCUT2D eigenvalue weighted by atomic mass is 31.2. The molecule has 0 saturated heterocycles. The first-order chi connectivity index (χ1) is 26.6. The Balaban J connectivity index is 3.83. The lowest BCUT2D eigenvalue weighted by atomic mass is 10.0. The van der Waals surface area contributed by atoms with E-state index in [2.05, 4.69) is 31.3 Å². The van der Waals surface area contributed by atoms with Gasteiger partial charge in [0.15, 0.2) is 6.04 Å². The van der Waals surface area contributed by atoms with E-state index >= 15 is 0 Å². The Morgan fingerprint density at radius 3 is 1.45 bits per heavy atom.